The maximum atomic E-state index is 12.1. The first kappa shape index (κ1) is 19.9. The summed E-state index contributed by atoms with van der Waals surface area (Å²) < 4.78 is 2.35. The molecule has 0 unspecified atom stereocenters. The second-order valence-corrected chi connectivity index (χ2v) is 6.40. The maximum absolute atomic E-state index is 12.1. The molecule has 0 bridgehead atoms. The SMILES string of the molecule is C.O=C(O)C(=O)O.O=C1CCn2c3c(c4cc(Cl)cc1c42)CCNCC3. The molecule has 4 rings (SSSR count). The smallest absolute Gasteiger partial charge is 0.414 e. The first-order valence-corrected chi connectivity index (χ1v) is 8.31. The fraction of sp³-hybridized carbons (Fsp3) is 0.389. The number of ketones is 1. The first-order valence-electron chi connectivity index (χ1n) is 7.93. The van der Waals surface area contributed by atoms with Gasteiger partial charge in [-0.15, -0.1) is 0 Å². The minimum atomic E-state index is -1.82. The average Bonchev–Trinajstić information content (AvgIpc) is 2.73. The van der Waals surface area contributed by atoms with E-state index in [0.29, 0.717) is 11.4 Å². The Morgan fingerprint density at radius 1 is 1.08 bits per heavy atom. The van der Waals surface area contributed by atoms with Gasteiger partial charge in [-0.3, -0.25) is 4.79 Å². The molecule has 0 spiro atoms. The average molecular weight is 381 g/mol. The molecule has 7 nitrogen and oxygen atoms in total. The van der Waals surface area contributed by atoms with Gasteiger partial charge < -0.3 is 20.1 Å². The Bertz CT molecular complexity index is 876. The lowest BCUT2D eigenvalue weighted by Crippen LogP contribution is -2.19. The zero-order valence-corrected chi connectivity index (χ0v) is 14.1. The number of aliphatic carboxylic acids is 2. The van der Waals surface area contributed by atoms with Crippen molar-refractivity contribution in [2.24, 2.45) is 0 Å². The van der Waals surface area contributed by atoms with Crippen molar-refractivity contribution in [1.29, 1.82) is 0 Å². The molecular formula is C18H21ClN2O5. The van der Waals surface area contributed by atoms with E-state index in [9.17, 15) is 4.79 Å². The van der Waals surface area contributed by atoms with Crippen LogP contribution in [0.25, 0.3) is 10.9 Å². The second-order valence-electron chi connectivity index (χ2n) is 5.96. The van der Waals surface area contributed by atoms with Crippen molar-refractivity contribution < 1.29 is 24.6 Å². The summed E-state index contributed by atoms with van der Waals surface area (Å²) in [6.45, 7) is 2.83. The van der Waals surface area contributed by atoms with Gasteiger partial charge >= 0.3 is 11.9 Å². The number of nitrogens with one attached hydrogen (secondary N) is 1. The molecule has 3 heterocycles. The number of hydrogen-bond acceptors (Lipinski definition) is 4. The molecule has 3 N–H and O–H groups in total. The molecule has 1 aromatic heterocycles. The number of benzene rings is 1. The quantitative estimate of drug-likeness (QED) is 0.605. The number of carboxylic acids is 2. The Morgan fingerprint density at radius 2 is 1.73 bits per heavy atom. The van der Waals surface area contributed by atoms with E-state index in [1.54, 1.807) is 0 Å². The Hall–Kier alpha value is -2.38. The molecule has 0 amide bonds. The van der Waals surface area contributed by atoms with Gasteiger partial charge in [-0.25, -0.2) is 9.59 Å². The highest BCUT2D eigenvalue weighted by atomic mass is 35.5. The molecule has 8 heteroatoms. The third kappa shape index (κ3) is 3.59. The number of nitrogens with zero attached hydrogens (tertiary/aromatic N) is 1. The lowest BCUT2D eigenvalue weighted by atomic mass is 10.0. The summed E-state index contributed by atoms with van der Waals surface area (Å²) in [6.07, 6.45) is 2.65. The Morgan fingerprint density at radius 3 is 2.38 bits per heavy atom. The number of carbonyl (C=O) groups is 3. The van der Waals surface area contributed by atoms with Crippen molar-refractivity contribution in [2.75, 3.05) is 13.1 Å². The predicted molar refractivity (Wildman–Crippen MR) is 98.2 cm³/mol. The number of carbonyl (C=O) groups excluding carboxylic acids is 1. The van der Waals surface area contributed by atoms with Crippen molar-refractivity contribution in [2.45, 2.75) is 33.2 Å². The standard InChI is InChI=1S/C15H15ClN2O.C2H2O4.CH4/c16-9-7-11-10-1-4-17-5-2-13(10)18-6-3-14(19)12(8-9)15(11)18;3-1(4)2(5)6;/h7-8,17H,1-6H2;(H,3,4)(H,5,6);1H4. The predicted octanol–water partition coefficient (Wildman–Crippen LogP) is 2.36. The van der Waals surface area contributed by atoms with Crippen LogP contribution in [0.1, 0.15) is 35.5 Å². The minimum absolute atomic E-state index is 0. The van der Waals surface area contributed by atoms with Crippen molar-refractivity contribution in [3.63, 3.8) is 0 Å². The van der Waals surface area contributed by atoms with E-state index in [2.05, 4.69) is 9.88 Å². The van der Waals surface area contributed by atoms with Gasteiger partial charge in [0.15, 0.2) is 5.78 Å². The summed E-state index contributed by atoms with van der Waals surface area (Å²) in [5.41, 5.74) is 4.72. The van der Waals surface area contributed by atoms with Gasteiger partial charge in [0.25, 0.3) is 0 Å². The number of Topliss-reactive ketones (excluding diaryl/α,β-unsaturated/α-hetero) is 1. The molecular weight excluding hydrogens is 360 g/mol. The molecule has 26 heavy (non-hydrogen) atoms. The van der Waals surface area contributed by atoms with Crippen LogP contribution in [0.2, 0.25) is 5.02 Å². The maximum Gasteiger partial charge on any atom is 0.414 e. The van der Waals surface area contributed by atoms with E-state index in [1.165, 1.54) is 16.6 Å². The van der Waals surface area contributed by atoms with Crippen LogP contribution in [0.5, 0.6) is 0 Å². The van der Waals surface area contributed by atoms with Crippen molar-refractivity contribution in [3.05, 3.63) is 34.0 Å². The number of fused-ring (bicyclic) bond motifs is 3. The van der Waals surface area contributed by atoms with Crippen molar-refractivity contribution >= 4 is 40.2 Å². The topological polar surface area (TPSA) is 109 Å². The van der Waals surface area contributed by atoms with Crippen molar-refractivity contribution in [3.8, 4) is 0 Å². The van der Waals surface area contributed by atoms with Crippen LogP contribution in [0.3, 0.4) is 0 Å². The van der Waals surface area contributed by atoms with Gasteiger partial charge in [0.1, 0.15) is 0 Å². The highest BCUT2D eigenvalue weighted by Crippen LogP contribution is 2.36. The summed E-state index contributed by atoms with van der Waals surface area (Å²) >= 11 is 6.21. The lowest BCUT2D eigenvalue weighted by molar-refractivity contribution is -0.159. The summed E-state index contributed by atoms with van der Waals surface area (Å²) in [5, 5.41) is 20.1. The van der Waals surface area contributed by atoms with E-state index in [1.807, 2.05) is 12.1 Å². The Labute approximate surface area is 155 Å². The third-order valence-corrected chi connectivity index (χ3v) is 4.70. The summed E-state index contributed by atoms with van der Waals surface area (Å²) in [6, 6.07) is 3.86. The zero-order valence-electron chi connectivity index (χ0n) is 13.3. The fourth-order valence-corrected chi connectivity index (χ4v) is 3.71. The summed E-state index contributed by atoms with van der Waals surface area (Å²) in [7, 11) is 0. The van der Waals surface area contributed by atoms with Crippen LogP contribution < -0.4 is 5.32 Å². The molecule has 0 saturated carbocycles. The van der Waals surface area contributed by atoms with Gasteiger partial charge in [0.05, 0.1) is 5.52 Å². The van der Waals surface area contributed by atoms with Gasteiger partial charge in [-0.05, 0) is 30.7 Å². The molecule has 2 aromatic rings. The van der Waals surface area contributed by atoms with Gasteiger partial charge in [-0.2, -0.15) is 0 Å². The van der Waals surface area contributed by atoms with Gasteiger partial charge in [0.2, 0.25) is 0 Å². The Balaban J connectivity index is 0.000000305. The molecule has 2 aliphatic rings. The Kier molecular flexibility index (Phi) is 6.05. The molecule has 0 radical (unpaired) electrons. The van der Waals surface area contributed by atoms with E-state index >= 15 is 0 Å². The van der Waals surface area contributed by atoms with Crippen molar-refractivity contribution in [1.82, 2.24) is 9.88 Å². The van der Waals surface area contributed by atoms with E-state index in [-0.39, 0.29) is 13.2 Å². The monoisotopic (exact) mass is 380 g/mol. The summed E-state index contributed by atoms with van der Waals surface area (Å²) in [5.74, 6) is -3.42. The first-order chi connectivity index (χ1) is 11.9. The number of hydrogen-bond donors (Lipinski definition) is 3. The largest absolute Gasteiger partial charge is 0.473 e. The number of rotatable bonds is 0. The number of aromatic nitrogens is 1. The third-order valence-electron chi connectivity index (χ3n) is 4.48. The highest BCUT2D eigenvalue weighted by Gasteiger charge is 2.26. The van der Waals surface area contributed by atoms with Crippen LogP contribution in [0.4, 0.5) is 0 Å². The number of halogens is 1. The van der Waals surface area contributed by atoms with Crippen LogP contribution in [-0.2, 0) is 29.0 Å². The van der Waals surface area contributed by atoms with Crippen LogP contribution in [0.15, 0.2) is 12.1 Å². The van der Waals surface area contributed by atoms with Gasteiger partial charge in [-0.1, -0.05) is 19.0 Å². The van der Waals surface area contributed by atoms with E-state index in [4.69, 9.17) is 31.4 Å². The minimum Gasteiger partial charge on any atom is -0.473 e. The normalized spacial score (nSPS) is 15.2. The molecule has 1 aromatic carbocycles. The van der Waals surface area contributed by atoms with Crippen LogP contribution in [0, 0.1) is 0 Å². The lowest BCUT2D eigenvalue weighted by Gasteiger charge is -2.17. The molecule has 2 aliphatic heterocycles. The highest BCUT2D eigenvalue weighted by molar-refractivity contribution is 6.32. The zero-order chi connectivity index (χ0) is 18.1. The van der Waals surface area contributed by atoms with Crippen LogP contribution >= 0.6 is 11.6 Å². The molecule has 0 aliphatic carbocycles. The molecule has 0 saturated heterocycles. The number of carboxylic acid groups (broad SMARTS) is 2. The number of aryl methyl sites for hydroxylation is 1. The van der Waals surface area contributed by atoms with Crippen LogP contribution in [-0.4, -0.2) is 45.6 Å². The van der Waals surface area contributed by atoms with E-state index < -0.39 is 11.9 Å². The summed E-state index contributed by atoms with van der Waals surface area (Å²) in [4.78, 5) is 30.3. The van der Waals surface area contributed by atoms with Gasteiger partial charge in [0, 0.05) is 47.6 Å². The molecule has 0 fully saturated rings. The second kappa shape index (κ2) is 7.88. The van der Waals surface area contributed by atoms with E-state index in [0.717, 1.165) is 43.6 Å². The fourth-order valence-electron chi connectivity index (χ4n) is 3.49. The molecule has 140 valence electrons. The molecule has 0 atom stereocenters.